The minimum Gasteiger partial charge on any atom is -0.398 e. The van der Waals surface area contributed by atoms with Crippen LogP contribution in [0.2, 0.25) is 0 Å². The molecule has 0 amide bonds. The molecule has 0 radical (unpaired) electrons. The van der Waals surface area contributed by atoms with Crippen molar-refractivity contribution in [2.24, 2.45) is 0 Å². The number of hydrogen-bond acceptors (Lipinski definition) is 3. The Morgan fingerprint density at radius 1 is 1.13 bits per heavy atom. The summed E-state index contributed by atoms with van der Waals surface area (Å²) in [5, 5.41) is 0. The van der Waals surface area contributed by atoms with Crippen molar-refractivity contribution in [3.05, 3.63) is 48.4 Å². The van der Waals surface area contributed by atoms with Gasteiger partial charge in [0.1, 0.15) is 5.82 Å². The highest BCUT2D eigenvalue weighted by Crippen LogP contribution is 2.24. The van der Waals surface area contributed by atoms with E-state index in [-0.39, 0.29) is 12.0 Å². The van der Waals surface area contributed by atoms with Crippen LogP contribution in [0.3, 0.4) is 0 Å². The summed E-state index contributed by atoms with van der Waals surface area (Å²) in [6, 6.07) is 9.70. The lowest BCUT2D eigenvalue weighted by molar-refractivity contribution is 0.628. The van der Waals surface area contributed by atoms with Crippen molar-refractivity contribution in [1.82, 2.24) is 11.1 Å². The first kappa shape index (κ1) is 11.1. The molecule has 0 fully saturated rings. The molecule has 0 spiro atoms. The monoisotopic (exact) mass is 205 g/mol. The van der Waals surface area contributed by atoms with Crippen LogP contribution in [0.5, 0.6) is 0 Å². The van der Waals surface area contributed by atoms with Gasteiger partial charge in [-0.3, -0.25) is 4.98 Å². The maximum atomic E-state index is 12.9. The van der Waals surface area contributed by atoms with Gasteiger partial charge in [0.2, 0.25) is 0 Å². The molecule has 0 bridgehead atoms. The number of anilines is 1. The SMILES string of the molecule is N.Nc1ccc(F)cc1-c1ccccn1. The van der Waals surface area contributed by atoms with E-state index in [1.165, 1.54) is 12.1 Å². The van der Waals surface area contributed by atoms with Gasteiger partial charge in [-0.15, -0.1) is 0 Å². The summed E-state index contributed by atoms with van der Waals surface area (Å²) in [5.41, 5.74) is 7.56. The highest BCUT2D eigenvalue weighted by Gasteiger charge is 2.04. The van der Waals surface area contributed by atoms with E-state index < -0.39 is 0 Å². The summed E-state index contributed by atoms with van der Waals surface area (Å²) < 4.78 is 12.9. The third-order valence-corrected chi connectivity index (χ3v) is 1.96. The van der Waals surface area contributed by atoms with E-state index >= 15 is 0 Å². The zero-order valence-corrected chi connectivity index (χ0v) is 8.15. The second-order valence-corrected chi connectivity index (χ2v) is 2.95. The predicted octanol–water partition coefficient (Wildman–Crippen LogP) is 2.63. The molecule has 1 heterocycles. The van der Waals surface area contributed by atoms with Crippen LogP contribution in [0.15, 0.2) is 42.6 Å². The number of nitrogens with zero attached hydrogens (tertiary/aromatic N) is 1. The predicted molar refractivity (Wildman–Crippen MR) is 59.1 cm³/mol. The molecule has 4 heteroatoms. The van der Waals surface area contributed by atoms with Crippen LogP contribution in [0.4, 0.5) is 10.1 Å². The highest BCUT2D eigenvalue weighted by atomic mass is 19.1. The highest BCUT2D eigenvalue weighted by molar-refractivity contribution is 5.73. The van der Waals surface area contributed by atoms with Gasteiger partial charge in [-0.25, -0.2) is 4.39 Å². The Hall–Kier alpha value is -1.94. The largest absolute Gasteiger partial charge is 0.398 e. The van der Waals surface area contributed by atoms with Crippen LogP contribution >= 0.6 is 0 Å². The Morgan fingerprint density at radius 3 is 2.60 bits per heavy atom. The third kappa shape index (κ3) is 2.30. The van der Waals surface area contributed by atoms with Crippen LogP contribution in [0.25, 0.3) is 11.3 Å². The van der Waals surface area contributed by atoms with E-state index in [0.29, 0.717) is 16.9 Å². The smallest absolute Gasteiger partial charge is 0.124 e. The quantitative estimate of drug-likeness (QED) is 0.703. The standard InChI is InChI=1S/C11H9FN2.H3N/c12-8-4-5-10(13)9(7-8)11-3-1-2-6-14-11;/h1-7H,13H2;1H3. The maximum Gasteiger partial charge on any atom is 0.124 e. The summed E-state index contributed by atoms with van der Waals surface area (Å²) in [6.45, 7) is 0. The molecule has 0 aliphatic rings. The number of pyridine rings is 1. The molecule has 0 saturated heterocycles. The molecule has 2 rings (SSSR count). The fourth-order valence-electron chi connectivity index (χ4n) is 1.27. The first-order valence-electron chi connectivity index (χ1n) is 4.24. The van der Waals surface area contributed by atoms with Gasteiger partial charge in [0, 0.05) is 17.4 Å². The lowest BCUT2D eigenvalue weighted by Gasteiger charge is -2.04. The molecule has 0 unspecified atom stereocenters. The molecule has 3 nitrogen and oxygen atoms in total. The summed E-state index contributed by atoms with van der Waals surface area (Å²) in [5.74, 6) is -0.306. The number of aromatic nitrogens is 1. The average molecular weight is 205 g/mol. The molecular weight excluding hydrogens is 193 g/mol. The zero-order chi connectivity index (χ0) is 9.97. The Bertz CT molecular complexity index is 443. The second kappa shape index (κ2) is 4.52. The Labute approximate surface area is 87.3 Å². The molecule has 1 aromatic carbocycles. The van der Waals surface area contributed by atoms with Gasteiger partial charge >= 0.3 is 0 Å². The van der Waals surface area contributed by atoms with E-state index in [1.807, 2.05) is 6.07 Å². The Morgan fingerprint density at radius 2 is 1.93 bits per heavy atom. The molecule has 2 aromatic rings. The van der Waals surface area contributed by atoms with Crippen LogP contribution in [-0.2, 0) is 0 Å². The average Bonchev–Trinajstić information content (AvgIpc) is 2.23. The minimum atomic E-state index is -0.306. The first-order chi connectivity index (χ1) is 6.77. The van der Waals surface area contributed by atoms with Crippen molar-refractivity contribution in [2.45, 2.75) is 0 Å². The normalized spacial score (nSPS) is 9.40. The third-order valence-electron chi connectivity index (χ3n) is 1.96. The molecule has 0 saturated carbocycles. The summed E-state index contributed by atoms with van der Waals surface area (Å²) in [4.78, 5) is 4.10. The van der Waals surface area contributed by atoms with Gasteiger partial charge in [0.25, 0.3) is 0 Å². The van der Waals surface area contributed by atoms with Crippen molar-refractivity contribution in [3.8, 4) is 11.3 Å². The van der Waals surface area contributed by atoms with Gasteiger partial charge < -0.3 is 11.9 Å². The molecule has 0 atom stereocenters. The molecule has 15 heavy (non-hydrogen) atoms. The topological polar surface area (TPSA) is 73.9 Å². The fraction of sp³-hybridized carbons (Fsp3) is 0. The Balaban J connectivity index is 0.00000112. The van der Waals surface area contributed by atoms with Gasteiger partial charge in [-0.05, 0) is 30.3 Å². The summed E-state index contributed by atoms with van der Waals surface area (Å²) >= 11 is 0. The van der Waals surface area contributed by atoms with Gasteiger partial charge in [-0.2, -0.15) is 0 Å². The van der Waals surface area contributed by atoms with Crippen molar-refractivity contribution >= 4 is 5.69 Å². The van der Waals surface area contributed by atoms with Crippen molar-refractivity contribution < 1.29 is 4.39 Å². The second-order valence-electron chi connectivity index (χ2n) is 2.95. The number of nitrogens with two attached hydrogens (primary N) is 1. The minimum absolute atomic E-state index is 0. The Kier molecular flexibility index (Phi) is 3.36. The van der Waals surface area contributed by atoms with E-state index in [0.717, 1.165) is 0 Å². The zero-order valence-electron chi connectivity index (χ0n) is 8.15. The van der Waals surface area contributed by atoms with Gasteiger partial charge in [0.05, 0.1) is 5.69 Å². The lowest BCUT2D eigenvalue weighted by atomic mass is 10.1. The van der Waals surface area contributed by atoms with Crippen LogP contribution < -0.4 is 11.9 Å². The number of halogens is 1. The van der Waals surface area contributed by atoms with Gasteiger partial charge in [0.15, 0.2) is 0 Å². The molecule has 0 aliphatic heterocycles. The molecule has 78 valence electrons. The van der Waals surface area contributed by atoms with Crippen molar-refractivity contribution in [1.29, 1.82) is 0 Å². The molecule has 0 aliphatic carbocycles. The molecule has 5 N–H and O–H groups in total. The van der Waals surface area contributed by atoms with E-state index in [1.54, 1.807) is 24.4 Å². The fourth-order valence-corrected chi connectivity index (χ4v) is 1.27. The first-order valence-corrected chi connectivity index (χ1v) is 4.24. The van der Waals surface area contributed by atoms with Crippen molar-refractivity contribution in [3.63, 3.8) is 0 Å². The van der Waals surface area contributed by atoms with Crippen molar-refractivity contribution in [2.75, 3.05) is 5.73 Å². The maximum absolute atomic E-state index is 12.9. The molecular formula is C11H12FN3. The van der Waals surface area contributed by atoms with Gasteiger partial charge in [-0.1, -0.05) is 6.07 Å². The van der Waals surface area contributed by atoms with E-state index in [9.17, 15) is 4.39 Å². The van der Waals surface area contributed by atoms with Crippen LogP contribution in [0, 0.1) is 5.82 Å². The lowest BCUT2D eigenvalue weighted by Crippen LogP contribution is -1.92. The van der Waals surface area contributed by atoms with Crippen LogP contribution in [0.1, 0.15) is 0 Å². The summed E-state index contributed by atoms with van der Waals surface area (Å²) in [7, 11) is 0. The molecule has 1 aromatic heterocycles. The van der Waals surface area contributed by atoms with E-state index in [2.05, 4.69) is 4.98 Å². The number of nitrogen functional groups attached to an aromatic ring is 1. The number of rotatable bonds is 1. The van der Waals surface area contributed by atoms with E-state index in [4.69, 9.17) is 5.73 Å². The number of hydrogen-bond donors (Lipinski definition) is 2. The van der Waals surface area contributed by atoms with Crippen LogP contribution in [-0.4, -0.2) is 4.98 Å². The number of benzene rings is 1. The summed E-state index contributed by atoms with van der Waals surface area (Å²) in [6.07, 6.45) is 1.65.